The molecule has 1 aromatic rings. The normalized spacial score (nSPS) is 11.1. The second-order valence-corrected chi connectivity index (χ2v) is 5.70. The van der Waals surface area contributed by atoms with Crippen molar-refractivity contribution in [3.05, 3.63) is 29.3 Å². The molecule has 5 heteroatoms. The van der Waals surface area contributed by atoms with Crippen LogP contribution in [-0.2, 0) is 4.79 Å². The van der Waals surface area contributed by atoms with Gasteiger partial charge in [-0.05, 0) is 39.3 Å². The maximum atomic E-state index is 12.1. The molecule has 0 aliphatic rings. The zero-order valence-electron chi connectivity index (χ0n) is 12.7. The molecule has 1 rings (SSSR count). The van der Waals surface area contributed by atoms with Crippen LogP contribution in [0.25, 0.3) is 0 Å². The average molecular weight is 278 g/mol. The van der Waals surface area contributed by atoms with Gasteiger partial charge < -0.3 is 10.4 Å². The molecule has 0 saturated carbocycles. The summed E-state index contributed by atoms with van der Waals surface area (Å²) >= 11 is 0. The number of aliphatic carboxylic acids is 1. The van der Waals surface area contributed by atoms with Crippen LogP contribution >= 0.6 is 0 Å². The third-order valence-electron chi connectivity index (χ3n) is 3.28. The van der Waals surface area contributed by atoms with Crippen LogP contribution in [0.5, 0.6) is 0 Å². The highest BCUT2D eigenvalue weighted by molar-refractivity contribution is 5.92. The minimum Gasteiger partial charge on any atom is -0.481 e. The summed E-state index contributed by atoms with van der Waals surface area (Å²) in [5, 5.41) is 11.7. The summed E-state index contributed by atoms with van der Waals surface area (Å²) in [6.07, 6.45) is 0. The number of carbonyl (C=O) groups excluding carboxylic acids is 1. The van der Waals surface area contributed by atoms with Gasteiger partial charge in [0.2, 0.25) is 0 Å². The maximum Gasteiger partial charge on any atom is 0.321 e. The second-order valence-electron chi connectivity index (χ2n) is 5.70. The van der Waals surface area contributed by atoms with Crippen molar-refractivity contribution < 1.29 is 14.7 Å². The monoisotopic (exact) mass is 278 g/mol. The predicted octanol–water partition coefficient (Wildman–Crippen LogP) is 2.56. The van der Waals surface area contributed by atoms with Crippen LogP contribution in [-0.4, -0.2) is 30.7 Å². The summed E-state index contributed by atoms with van der Waals surface area (Å²) < 4.78 is 0. The van der Waals surface area contributed by atoms with Crippen molar-refractivity contribution in [1.82, 2.24) is 5.32 Å². The van der Waals surface area contributed by atoms with Crippen LogP contribution in [0.4, 0.5) is 10.5 Å². The summed E-state index contributed by atoms with van der Waals surface area (Å²) in [4.78, 5) is 24.6. The van der Waals surface area contributed by atoms with Gasteiger partial charge in [0.25, 0.3) is 0 Å². The van der Waals surface area contributed by atoms with Crippen molar-refractivity contribution in [2.45, 2.75) is 27.7 Å². The number of anilines is 1. The minimum atomic E-state index is -0.987. The van der Waals surface area contributed by atoms with Gasteiger partial charge in [0.05, 0.1) is 5.41 Å². The van der Waals surface area contributed by atoms with Crippen LogP contribution in [0.3, 0.4) is 0 Å². The van der Waals surface area contributed by atoms with Gasteiger partial charge in [-0.2, -0.15) is 0 Å². The Morgan fingerprint density at radius 2 is 1.90 bits per heavy atom. The van der Waals surface area contributed by atoms with E-state index in [1.54, 1.807) is 20.9 Å². The van der Waals surface area contributed by atoms with Crippen LogP contribution in [0.2, 0.25) is 0 Å². The highest BCUT2D eigenvalue weighted by Gasteiger charge is 2.28. The van der Waals surface area contributed by atoms with Crippen LogP contribution in [0.1, 0.15) is 25.0 Å². The van der Waals surface area contributed by atoms with E-state index in [1.165, 1.54) is 4.90 Å². The standard InChI is InChI=1S/C15H22N2O3/c1-10-6-7-12(11(2)8-10)17(5)14(20)16-9-15(3,4)13(18)19/h6-8H,9H2,1-5H3,(H,16,20)(H,18,19). The van der Waals surface area contributed by atoms with Gasteiger partial charge in [-0.3, -0.25) is 9.69 Å². The van der Waals surface area contributed by atoms with E-state index < -0.39 is 11.4 Å². The van der Waals surface area contributed by atoms with E-state index in [0.717, 1.165) is 16.8 Å². The Morgan fingerprint density at radius 3 is 2.40 bits per heavy atom. The summed E-state index contributed by atoms with van der Waals surface area (Å²) in [5.74, 6) is -0.938. The Balaban J connectivity index is 2.75. The fraction of sp³-hybridized carbons (Fsp3) is 0.467. The first-order valence-corrected chi connectivity index (χ1v) is 6.47. The predicted molar refractivity (Wildman–Crippen MR) is 79.1 cm³/mol. The number of amides is 2. The first-order chi connectivity index (χ1) is 9.15. The number of nitrogens with zero attached hydrogens (tertiary/aromatic N) is 1. The molecule has 0 saturated heterocycles. The number of benzene rings is 1. The zero-order chi connectivity index (χ0) is 15.5. The Labute approximate surface area is 119 Å². The van der Waals surface area contributed by atoms with Gasteiger partial charge in [-0.1, -0.05) is 17.7 Å². The summed E-state index contributed by atoms with van der Waals surface area (Å²) in [6, 6.07) is 5.51. The zero-order valence-corrected chi connectivity index (χ0v) is 12.7. The van der Waals surface area contributed by atoms with Gasteiger partial charge in [-0.15, -0.1) is 0 Å². The molecule has 1 aromatic carbocycles. The lowest BCUT2D eigenvalue weighted by Gasteiger charge is -2.24. The van der Waals surface area contributed by atoms with Crippen molar-refractivity contribution in [2.24, 2.45) is 5.41 Å². The van der Waals surface area contributed by atoms with Crippen LogP contribution in [0, 0.1) is 19.3 Å². The highest BCUT2D eigenvalue weighted by atomic mass is 16.4. The van der Waals surface area contributed by atoms with E-state index in [4.69, 9.17) is 5.11 Å². The fourth-order valence-corrected chi connectivity index (χ4v) is 1.78. The van der Waals surface area contributed by atoms with E-state index in [1.807, 2.05) is 32.0 Å². The fourth-order valence-electron chi connectivity index (χ4n) is 1.78. The summed E-state index contributed by atoms with van der Waals surface area (Å²) in [6.45, 7) is 7.16. The van der Waals surface area contributed by atoms with E-state index in [-0.39, 0.29) is 12.6 Å². The molecule has 110 valence electrons. The molecule has 0 bridgehead atoms. The Bertz CT molecular complexity index is 524. The molecule has 0 heterocycles. The smallest absolute Gasteiger partial charge is 0.321 e. The lowest BCUT2D eigenvalue weighted by atomic mass is 9.94. The van der Waals surface area contributed by atoms with Crippen molar-refractivity contribution in [2.75, 3.05) is 18.5 Å². The third kappa shape index (κ3) is 3.73. The molecule has 0 radical (unpaired) electrons. The molecule has 0 unspecified atom stereocenters. The number of hydrogen-bond donors (Lipinski definition) is 2. The Kier molecular flexibility index (Phi) is 4.76. The third-order valence-corrected chi connectivity index (χ3v) is 3.28. The topological polar surface area (TPSA) is 69.6 Å². The number of urea groups is 1. The second kappa shape index (κ2) is 5.94. The molecule has 5 nitrogen and oxygen atoms in total. The van der Waals surface area contributed by atoms with Crippen LogP contribution in [0.15, 0.2) is 18.2 Å². The number of hydrogen-bond acceptors (Lipinski definition) is 2. The maximum absolute atomic E-state index is 12.1. The van der Waals surface area contributed by atoms with E-state index >= 15 is 0 Å². The van der Waals surface area contributed by atoms with Gasteiger partial charge in [0.1, 0.15) is 0 Å². The molecule has 2 N–H and O–H groups in total. The molecule has 0 fully saturated rings. The lowest BCUT2D eigenvalue weighted by Crippen LogP contribution is -2.44. The largest absolute Gasteiger partial charge is 0.481 e. The molecule has 0 spiro atoms. The number of rotatable bonds is 4. The van der Waals surface area contributed by atoms with Gasteiger partial charge >= 0.3 is 12.0 Å². The first-order valence-electron chi connectivity index (χ1n) is 6.47. The molecule has 0 aromatic heterocycles. The number of nitrogens with one attached hydrogen (secondary N) is 1. The summed E-state index contributed by atoms with van der Waals surface area (Å²) in [5.41, 5.74) is 1.95. The van der Waals surface area contributed by atoms with Gasteiger partial charge in [-0.25, -0.2) is 4.79 Å². The average Bonchev–Trinajstić information content (AvgIpc) is 2.35. The molecule has 2 amide bonds. The van der Waals surface area contributed by atoms with Crippen molar-refractivity contribution in [3.8, 4) is 0 Å². The van der Waals surface area contributed by atoms with Gasteiger partial charge in [0.15, 0.2) is 0 Å². The number of carboxylic acids is 1. The Hall–Kier alpha value is -2.04. The first kappa shape index (κ1) is 16.0. The van der Waals surface area contributed by atoms with Crippen molar-refractivity contribution in [3.63, 3.8) is 0 Å². The highest BCUT2D eigenvalue weighted by Crippen LogP contribution is 2.20. The van der Waals surface area contributed by atoms with Crippen molar-refractivity contribution in [1.29, 1.82) is 0 Å². The molecule has 20 heavy (non-hydrogen) atoms. The summed E-state index contributed by atoms with van der Waals surface area (Å²) in [7, 11) is 1.67. The number of carboxylic acid groups (broad SMARTS) is 1. The van der Waals surface area contributed by atoms with Gasteiger partial charge in [0, 0.05) is 19.3 Å². The van der Waals surface area contributed by atoms with E-state index in [9.17, 15) is 9.59 Å². The Morgan fingerprint density at radius 1 is 1.30 bits per heavy atom. The van der Waals surface area contributed by atoms with Crippen molar-refractivity contribution >= 4 is 17.7 Å². The molecular formula is C15H22N2O3. The SMILES string of the molecule is Cc1ccc(N(C)C(=O)NCC(C)(C)C(=O)O)c(C)c1. The minimum absolute atomic E-state index is 0.0798. The lowest BCUT2D eigenvalue weighted by molar-refractivity contribution is -0.146. The van der Waals surface area contributed by atoms with E-state index in [2.05, 4.69) is 5.32 Å². The number of carbonyl (C=O) groups is 2. The molecule has 0 aliphatic carbocycles. The molecule has 0 aliphatic heterocycles. The number of aryl methyl sites for hydroxylation is 2. The van der Waals surface area contributed by atoms with E-state index in [0.29, 0.717) is 0 Å². The quantitative estimate of drug-likeness (QED) is 0.889. The molecular weight excluding hydrogens is 256 g/mol. The van der Waals surface area contributed by atoms with Crippen LogP contribution < -0.4 is 10.2 Å². The molecule has 0 atom stereocenters.